The van der Waals surface area contributed by atoms with Crippen molar-refractivity contribution in [2.24, 2.45) is 11.3 Å². The Morgan fingerprint density at radius 1 is 1.03 bits per heavy atom. The zero-order chi connectivity index (χ0) is 50.9. The van der Waals surface area contributed by atoms with E-state index in [2.05, 4.69) is 53.1 Å². The van der Waals surface area contributed by atoms with Gasteiger partial charge in [-0.3, -0.25) is 24.2 Å². The maximum Gasteiger partial charge on any atom is 0.355 e. The maximum absolute atomic E-state index is 14.8. The molecule has 0 aliphatic carbocycles. The molecule has 0 spiro atoms. The van der Waals surface area contributed by atoms with Crippen LogP contribution in [0.15, 0.2) is 73.3 Å². The van der Waals surface area contributed by atoms with Gasteiger partial charge in [0.2, 0.25) is 23.4 Å². The molecule has 3 heterocycles. The van der Waals surface area contributed by atoms with Crippen molar-refractivity contribution in [2.75, 3.05) is 47.0 Å². The summed E-state index contributed by atoms with van der Waals surface area (Å²) in [5, 5.41) is 28.5. The van der Waals surface area contributed by atoms with Crippen LogP contribution in [0.25, 0.3) is 33.3 Å². The van der Waals surface area contributed by atoms with Gasteiger partial charge in [-0.05, 0) is 110 Å². The number of nitrogens with zero attached hydrogens (tertiary/aromatic N) is 4. The van der Waals surface area contributed by atoms with E-state index in [1.807, 2.05) is 52.0 Å². The SMILES string of the molecule is C=CC(=O)N(C)CCCCCN(C(=O)CC)[C@H](C(=O)N[C@H]1Cc2cc(O)cc(c2)-c2ccc3c(c2)c(c(-c2ccccc2CCOC)n3CC)CC(C)(C)COC(=O)[C@@]2(O)CCCN(N2)C1=O)C(C)C. The summed E-state index contributed by atoms with van der Waals surface area (Å²) in [5.41, 5.74) is 7.29. The van der Waals surface area contributed by atoms with E-state index in [-0.39, 0.29) is 68.9 Å². The van der Waals surface area contributed by atoms with Crippen LogP contribution in [0.3, 0.4) is 0 Å². The summed E-state index contributed by atoms with van der Waals surface area (Å²) in [5.74, 6) is -2.87. The second-order valence-electron chi connectivity index (χ2n) is 20.0. The monoisotopic (exact) mass is 963 g/mol. The fourth-order valence-corrected chi connectivity index (χ4v) is 9.99. The first kappa shape index (κ1) is 53.3. The number of aryl methyl sites for hydroxylation is 1. The zero-order valence-corrected chi connectivity index (χ0v) is 42.4. The van der Waals surface area contributed by atoms with Gasteiger partial charge >= 0.3 is 5.97 Å². The number of carbonyl (C=O) groups is 5. The lowest BCUT2D eigenvalue weighted by atomic mass is 9.83. The largest absolute Gasteiger partial charge is 0.508 e. The number of aromatic nitrogens is 1. The summed E-state index contributed by atoms with van der Waals surface area (Å²) in [6.45, 7) is 17.2. The zero-order valence-electron chi connectivity index (χ0n) is 42.4. The van der Waals surface area contributed by atoms with Crippen LogP contribution in [0.2, 0.25) is 0 Å². The first-order chi connectivity index (χ1) is 33.3. The summed E-state index contributed by atoms with van der Waals surface area (Å²) >= 11 is 0. The van der Waals surface area contributed by atoms with Crippen LogP contribution in [-0.4, -0.2) is 124 Å². The number of amides is 4. The summed E-state index contributed by atoms with van der Waals surface area (Å²) in [7, 11) is 3.40. The predicted molar refractivity (Wildman–Crippen MR) is 271 cm³/mol. The van der Waals surface area contributed by atoms with E-state index in [4.69, 9.17) is 9.47 Å². The number of phenolic OH excluding ortho intramolecular Hbond substituents is 1. The van der Waals surface area contributed by atoms with E-state index in [0.717, 1.165) is 38.9 Å². The molecule has 0 radical (unpaired) electrons. The van der Waals surface area contributed by atoms with Gasteiger partial charge in [0.05, 0.1) is 18.9 Å². The normalized spacial score (nSPS) is 18.8. The van der Waals surface area contributed by atoms with E-state index in [1.54, 1.807) is 43.0 Å². The molecule has 4 N–H and O–H groups in total. The quantitative estimate of drug-likeness (QED) is 0.0492. The Bertz CT molecular complexity index is 2550. The Morgan fingerprint density at radius 3 is 2.47 bits per heavy atom. The number of esters is 1. The van der Waals surface area contributed by atoms with Crippen molar-refractivity contribution >= 4 is 40.5 Å². The number of hydrazine groups is 1. The summed E-state index contributed by atoms with van der Waals surface area (Å²) in [4.78, 5) is 72.4. The van der Waals surface area contributed by atoms with Crippen molar-refractivity contribution in [3.63, 3.8) is 0 Å². The molecule has 3 atom stereocenters. The van der Waals surface area contributed by atoms with Gasteiger partial charge in [0, 0.05) is 81.5 Å². The molecule has 70 heavy (non-hydrogen) atoms. The minimum Gasteiger partial charge on any atom is -0.508 e. The topological polar surface area (TPSA) is 183 Å². The van der Waals surface area contributed by atoms with Crippen LogP contribution in [0.1, 0.15) is 96.8 Å². The van der Waals surface area contributed by atoms with Crippen LogP contribution < -0.4 is 10.7 Å². The molecule has 6 rings (SSSR count). The average Bonchev–Trinajstić information content (AvgIpc) is 3.63. The third-order valence-electron chi connectivity index (χ3n) is 13.6. The van der Waals surface area contributed by atoms with Gasteiger partial charge in [0.15, 0.2) is 0 Å². The lowest BCUT2D eigenvalue weighted by Gasteiger charge is -2.40. The molecule has 2 aliphatic rings. The number of ether oxygens (including phenoxy) is 2. The molecular weight excluding hydrogens is 889 g/mol. The number of fused-ring (bicyclic) bond motifs is 6. The van der Waals surface area contributed by atoms with Crippen molar-refractivity contribution in [1.82, 2.24) is 30.1 Å². The summed E-state index contributed by atoms with van der Waals surface area (Å²) in [6.07, 6.45) is 4.74. The number of cyclic esters (lactones) is 1. The number of hydrogen-bond donors (Lipinski definition) is 4. The van der Waals surface area contributed by atoms with Gasteiger partial charge in [-0.25, -0.2) is 4.79 Å². The molecule has 1 aromatic heterocycles. The Labute approximate surface area is 413 Å². The van der Waals surface area contributed by atoms with Gasteiger partial charge in [-0.15, -0.1) is 0 Å². The second-order valence-corrected chi connectivity index (χ2v) is 20.0. The lowest BCUT2D eigenvalue weighted by molar-refractivity contribution is -0.189. The number of benzene rings is 3. The van der Waals surface area contributed by atoms with Crippen molar-refractivity contribution < 1.29 is 43.7 Å². The van der Waals surface area contributed by atoms with E-state index >= 15 is 0 Å². The number of nitrogens with one attached hydrogen (secondary N) is 2. The first-order valence-electron chi connectivity index (χ1n) is 24.9. The minimum atomic E-state index is -2.25. The van der Waals surface area contributed by atoms with E-state index < -0.39 is 41.0 Å². The average molecular weight is 963 g/mol. The van der Waals surface area contributed by atoms with Gasteiger partial charge in [0.1, 0.15) is 17.8 Å². The Kier molecular flexibility index (Phi) is 17.7. The molecule has 1 fully saturated rings. The number of hydrogen-bond acceptors (Lipinski definition) is 10. The van der Waals surface area contributed by atoms with Crippen LogP contribution in [0.4, 0.5) is 0 Å². The van der Waals surface area contributed by atoms with E-state index in [0.29, 0.717) is 62.9 Å². The molecular formula is C55H74N6O9. The molecule has 15 heteroatoms. The molecule has 3 aromatic carbocycles. The summed E-state index contributed by atoms with van der Waals surface area (Å²) in [6, 6.07) is 17.5. The highest BCUT2D eigenvalue weighted by atomic mass is 16.6. The number of carbonyl (C=O) groups excluding carboxylic acids is 5. The fraction of sp³-hybridized carbons (Fsp3) is 0.509. The third kappa shape index (κ3) is 12.3. The molecule has 2 aliphatic heterocycles. The van der Waals surface area contributed by atoms with Gasteiger partial charge in [0.25, 0.3) is 5.91 Å². The van der Waals surface area contributed by atoms with Gasteiger partial charge < -0.3 is 39.4 Å². The molecule has 4 aromatic rings. The maximum atomic E-state index is 14.8. The number of methoxy groups -OCH3 is 1. The highest BCUT2D eigenvalue weighted by Gasteiger charge is 2.45. The fourth-order valence-electron chi connectivity index (χ4n) is 9.99. The van der Waals surface area contributed by atoms with Crippen molar-refractivity contribution in [3.8, 4) is 28.1 Å². The molecule has 4 amide bonds. The van der Waals surface area contributed by atoms with Gasteiger partial charge in [-0.2, -0.15) is 5.43 Å². The number of aliphatic hydroxyl groups is 1. The van der Waals surface area contributed by atoms with E-state index in [9.17, 15) is 34.2 Å². The molecule has 0 unspecified atom stereocenters. The predicted octanol–water partition coefficient (Wildman–Crippen LogP) is 6.94. The molecule has 0 saturated carbocycles. The minimum absolute atomic E-state index is 0.0253. The Hall–Kier alpha value is -6.03. The van der Waals surface area contributed by atoms with Crippen LogP contribution in [0.5, 0.6) is 5.75 Å². The highest BCUT2D eigenvalue weighted by molar-refractivity contribution is 5.96. The second kappa shape index (κ2) is 23.3. The summed E-state index contributed by atoms with van der Waals surface area (Å²) < 4.78 is 13.8. The van der Waals surface area contributed by atoms with E-state index in [1.165, 1.54) is 11.1 Å². The Balaban J connectivity index is 1.43. The van der Waals surface area contributed by atoms with Gasteiger partial charge in [-0.1, -0.05) is 77.6 Å². The number of likely N-dealkylation sites (N-methyl/N-ethyl adjacent to an activating group) is 1. The number of unbranched alkanes of at least 4 members (excludes halogenated alkanes) is 2. The highest BCUT2D eigenvalue weighted by Crippen LogP contribution is 2.42. The van der Waals surface area contributed by atoms with Crippen molar-refractivity contribution in [1.29, 1.82) is 0 Å². The lowest BCUT2D eigenvalue weighted by Crippen LogP contribution is -2.67. The molecule has 15 nitrogen and oxygen atoms in total. The molecule has 1 saturated heterocycles. The van der Waals surface area contributed by atoms with Crippen LogP contribution in [0, 0.1) is 11.3 Å². The molecule has 378 valence electrons. The standard InChI is InChI=1S/C55H74N6O9/c1-10-47(63)58(8)25-16-13-17-26-60(48(64)11-2)49(36(4)5)51(65)56-45-31-37-29-40(32-41(62)30-37)39-21-22-46-43(33-39)44(50(59(46)12-3)42-20-15-14-19-38(42)23-28-69-9)34-54(6,7)35-70-53(67)55(68)24-18-27-61(57-55)52(45)66/h10,14-15,19-22,29-30,32-33,36,45,49,57,62,68H,1,11-13,16-18,23-28,31,34-35H2,2-9H3,(H,56,65)/t45-,49-,55-/m0/s1. The number of phenols is 1. The Morgan fingerprint density at radius 2 is 1.77 bits per heavy atom. The smallest absolute Gasteiger partial charge is 0.355 e. The van der Waals surface area contributed by atoms with Crippen LogP contribution in [-0.2, 0) is 59.3 Å². The number of rotatable bonds is 17. The van der Waals surface area contributed by atoms with Crippen molar-refractivity contribution in [2.45, 2.75) is 124 Å². The number of aromatic hydroxyl groups is 1. The van der Waals surface area contributed by atoms with Crippen LogP contribution >= 0.6 is 0 Å². The van der Waals surface area contributed by atoms with Crippen molar-refractivity contribution in [3.05, 3.63) is 90.0 Å². The molecule has 6 bridgehead atoms. The first-order valence-corrected chi connectivity index (χ1v) is 24.9. The third-order valence-corrected chi connectivity index (χ3v) is 13.6.